The van der Waals surface area contributed by atoms with Crippen molar-refractivity contribution in [3.8, 4) is 0 Å². The number of hydrogen-bond acceptors (Lipinski definition) is 3. The van der Waals surface area contributed by atoms with Crippen molar-refractivity contribution in [2.75, 3.05) is 0 Å². The maximum absolute atomic E-state index is 9.22. The van der Waals surface area contributed by atoms with Gasteiger partial charge in [0.1, 0.15) is 5.82 Å². The van der Waals surface area contributed by atoms with Crippen LogP contribution in [0.4, 0.5) is 0 Å². The lowest BCUT2D eigenvalue weighted by Gasteiger charge is -2.14. The Morgan fingerprint density at radius 2 is 1.94 bits per heavy atom. The number of nitrogens with zero attached hydrogens (tertiary/aromatic N) is 2. The van der Waals surface area contributed by atoms with Crippen LogP contribution in [-0.4, -0.2) is 15.1 Å². The van der Waals surface area contributed by atoms with Gasteiger partial charge in [0, 0.05) is 23.4 Å². The van der Waals surface area contributed by atoms with Crippen molar-refractivity contribution in [2.24, 2.45) is 0 Å². The van der Waals surface area contributed by atoms with Crippen LogP contribution in [0.5, 0.6) is 0 Å². The van der Waals surface area contributed by atoms with Crippen molar-refractivity contribution < 1.29 is 5.11 Å². The van der Waals surface area contributed by atoms with Gasteiger partial charge in [-0.25, -0.2) is 9.97 Å². The number of aliphatic hydroxyl groups is 1. The number of aliphatic hydroxyl groups excluding tert-OH is 1. The molecule has 1 saturated carbocycles. The second-order valence-corrected chi connectivity index (χ2v) is 4.90. The van der Waals surface area contributed by atoms with Crippen molar-refractivity contribution in [1.82, 2.24) is 9.97 Å². The molecule has 0 bridgehead atoms. The Kier molecular flexibility index (Phi) is 4.49. The predicted molar refractivity (Wildman–Crippen MR) is 67.8 cm³/mol. The lowest BCUT2D eigenvalue weighted by molar-refractivity contribution is 0.279. The fourth-order valence-electron chi connectivity index (χ4n) is 2.63. The molecular weight excluding hydrogens is 212 g/mol. The van der Waals surface area contributed by atoms with Gasteiger partial charge in [-0.1, -0.05) is 32.6 Å². The molecule has 0 spiro atoms. The summed E-state index contributed by atoms with van der Waals surface area (Å²) >= 11 is 0. The standard InChI is InChI=1S/C14H22N2O/c1-2-13-12(10-17)9-15-14(16-13)11-7-5-3-4-6-8-11/h9,11,17H,2-8,10H2,1H3. The topological polar surface area (TPSA) is 46.0 Å². The van der Waals surface area contributed by atoms with Gasteiger partial charge in [-0.15, -0.1) is 0 Å². The molecule has 1 N–H and O–H groups in total. The quantitative estimate of drug-likeness (QED) is 0.818. The van der Waals surface area contributed by atoms with Crippen LogP contribution in [0.2, 0.25) is 0 Å². The molecule has 3 nitrogen and oxygen atoms in total. The fourth-order valence-corrected chi connectivity index (χ4v) is 2.63. The first kappa shape index (κ1) is 12.5. The highest BCUT2D eigenvalue weighted by Crippen LogP contribution is 2.29. The molecule has 17 heavy (non-hydrogen) atoms. The van der Waals surface area contributed by atoms with E-state index in [1.165, 1.54) is 38.5 Å². The van der Waals surface area contributed by atoms with E-state index in [2.05, 4.69) is 16.9 Å². The third-order valence-electron chi connectivity index (χ3n) is 3.70. The number of aromatic nitrogens is 2. The highest BCUT2D eigenvalue weighted by atomic mass is 16.3. The Labute approximate surface area is 103 Å². The van der Waals surface area contributed by atoms with E-state index >= 15 is 0 Å². The zero-order chi connectivity index (χ0) is 12.1. The highest BCUT2D eigenvalue weighted by Gasteiger charge is 2.18. The molecule has 1 aliphatic carbocycles. The maximum atomic E-state index is 9.22. The third-order valence-corrected chi connectivity index (χ3v) is 3.70. The maximum Gasteiger partial charge on any atom is 0.131 e. The molecule has 0 amide bonds. The number of rotatable bonds is 3. The minimum atomic E-state index is 0.0497. The van der Waals surface area contributed by atoms with E-state index in [9.17, 15) is 5.11 Å². The van der Waals surface area contributed by atoms with Gasteiger partial charge in [0.2, 0.25) is 0 Å². The fraction of sp³-hybridized carbons (Fsp3) is 0.714. The van der Waals surface area contributed by atoms with Gasteiger partial charge < -0.3 is 5.11 Å². The molecule has 0 aromatic carbocycles. The van der Waals surface area contributed by atoms with Gasteiger partial charge in [0.25, 0.3) is 0 Å². The molecule has 1 aliphatic rings. The normalized spacial score (nSPS) is 18.0. The van der Waals surface area contributed by atoms with Gasteiger partial charge in [-0.05, 0) is 19.3 Å². The molecule has 0 saturated heterocycles. The van der Waals surface area contributed by atoms with Crippen LogP contribution in [0.25, 0.3) is 0 Å². The van der Waals surface area contributed by atoms with Crippen LogP contribution < -0.4 is 0 Å². The SMILES string of the molecule is CCc1nc(C2CCCCCC2)ncc1CO. The van der Waals surface area contributed by atoms with Crippen LogP contribution in [0.3, 0.4) is 0 Å². The minimum absolute atomic E-state index is 0.0497. The van der Waals surface area contributed by atoms with Crippen LogP contribution in [-0.2, 0) is 13.0 Å². The summed E-state index contributed by atoms with van der Waals surface area (Å²) in [6.07, 6.45) is 10.4. The molecule has 94 valence electrons. The third kappa shape index (κ3) is 3.03. The smallest absolute Gasteiger partial charge is 0.131 e. The molecule has 1 fully saturated rings. The molecule has 2 rings (SSSR count). The molecular formula is C14H22N2O. The van der Waals surface area contributed by atoms with Crippen molar-refractivity contribution in [3.63, 3.8) is 0 Å². The monoisotopic (exact) mass is 234 g/mol. The van der Waals surface area contributed by atoms with E-state index in [-0.39, 0.29) is 6.61 Å². The number of aryl methyl sites for hydroxylation is 1. The van der Waals surface area contributed by atoms with Crippen LogP contribution >= 0.6 is 0 Å². The summed E-state index contributed by atoms with van der Waals surface area (Å²) in [4.78, 5) is 9.11. The average molecular weight is 234 g/mol. The summed E-state index contributed by atoms with van der Waals surface area (Å²) in [7, 11) is 0. The second-order valence-electron chi connectivity index (χ2n) is 4.90. The van der Waals surface area contributed by atoms with E-state index in [4.69, 9.17) is 0 Å². The van der Waals surface area contributed by atoms with Crippen molar-refractivity contribution >= 4 is 0 Å². The van der Waals surface area contributed by atoms with E-state index in [1.54, 1.807) is 0 Å². The summed E-state index contributed by atoms with van der Waals surface area (Å²) in [5.41, 5.74) is 1.90. The lowest BCUT2D eigenvalue weighted by Crippen LogP contribution is -2.08. The minimum Gasteiger partial charge on any atom is -0.392 e. The van der Waals surface area contributed by atoms with Crippen LogP contribution in [0.15, 0.2) is 6.20 Å². The molecule has 0 radical (unpaired) electrons. The zero-order valence-corrected chi connectivity index (χ0v) is 10.7. The summed E-state index contributed by atoms with van der Waals surface area (Å²) in [5.74, 6) is 1.54. The first-order valence-electron chi connectivity index (χ1n) is 6.80. The summed E-state index contributed by atoms with van der Waals surface area (Å²) in [5, 5.41) is 9.22. The lowest BCUT2D eigenvalue weighted by atomic mass is 9.99. The molecule has 1 aromatic heterocycles. The molecule has 0 atom stereocenters. The van der Waals surface area contributed by atoms with Crippen molar-refractivity contribution in [3.05, 3.63) is 23.3 Å². The molecule has 1 aromatic rings. The number of hydrogen-bond donors (Lipinski definition) is 1. The van der Waals surface area contributed by atoms with Gasteiger partial charge in [-0.3, -0.25) is 0 Å². The summed E-state index contributed by atoms with van der Waals surface area (Å²) in [6.45, 7) is 2.13. The first-order valence-corrected chi connectivity index (χ1v) is 6.80. The van der Waals surface area contributed by atoms with Crippen molar-refractivity contribution in [1.29, 1.82) is 0 Å². The van der Waals surface area contributed by atoms with Crippen LogP contribution in [0, 0.1) is 0 Å². The van der Waals surface area contributed by atoms with E-state index in [0.717, 1.165) is 23.5 Å². The van der Waals surface area contributed by atoms with Gasteiger partial charge in [0.05, 0.1) is 6.61 Å². The largest absolute Gasteiger partial charge is 0.392 e. The molecule has 3 heteroatoms. The summed E-state index contributed by atoms with van der Waals surface area (Å²) in [6, 6.07) is 0. The van der Waals surface area contributed by atoms with Gasteiger partial charge >= 0.3 is 0 Å². The Bertz CT molecular complexity index is 357. The Morgan fingerprint density at radius 1 is 1.24 bits per heavy atom. The van der Waals surface area contributed by atoms with Gasteiger partial charge in [0.15, 0.2) is 0 Å². The molecule has 0 unspecified atom stereocenters. The second kappa shape index (κ2) is 6.10. The van der Waals surface area contributed by atoms with E-state index in [0.29, 0.717) is 5.92 Å². The molecule has 0 aliphatic heterocycles. The summed E-state index contributed by atoms with van der Waals surface area (Å²) < 4.78 is 0. The Hall–Kier alpha value is -0.960. The highest BCUT2D eigenvalue weighted by molar-refractivity contribution is 5.18. The molecule has 1 heterocycles. The van der Waals surface area contributed by atoms with E-state index in [1.807, 2.05) is 6.20 Å². The Morgan fingerprint density at radius 3 is 2.53 bits per heavy atom. The average Bonchev–Trinajstić information content (AvgIpc) is 2.66. The Balaban J connectivity index is 2.19. The van der Waals surface area contributed by atoms with Gasteiger partial charge in [-0.2, -0.15) is 0 Å². The van der Waals surface area contributed by atoms with E-state index < -0.39 is 0 Å². The zero-order valence-electron chi connectivity index (χ0n) is 10.7. The predicted octanol–water partition coefficient (Wildman–Crippen LogP) is 2.97. The first-order chi connectivity index (χ1) is 8.35. The van der Waals surface area contributed by atoms with Crippen LogP contribution in [0.1, 0.15) is 68.4 Å². The van der Waals surface area contributed by atoms with Crippen molar-refractivity contribution in [2.45, 2.75) is 64.4 Å².